The fourth-order valence-electron chi connectivity index (χ4n) is 2.11. The lowest BCUT2D eigenvalue weighted by Gasteiger charge is -2.08. The van der Waals surface area contributed by atoms with Gasteiger partial charge in [-0.05, 0) is 43.0 Å². The lowest BCUT2D eigenvalue weighted by Crippen LogP contribution is -2.29. The van der Waals surface area contributed by atoms with Gasteiger partial charge in [-0.2, -0.15) is 0 Å². The van der Waals surface area contributed by atoms with Gasteiger partial charge in [0.2, 0.25) is 0 Å². The molecule has 0 saturated carbocycles. The number of benzene rings is 1. The minimum atomic E-state index is -0.790. The van der Waals surface area contributed by atoms with Gasteiger partial charge in [0, 0.05) is 0 Å². The second-order valence-electron chi connectivity index (χ2n) is 4.23. The molecule has 0 amide bonds. The summed E-state index contributed by atoms with van der Waals surface area (Å²) >= 11 is 0. The van der Waals surface area contributed by atoms with Crippen molar-refractivity contribution in [1.29, 1.82) is 0 Å². The van der Waals surface area contributed by atoms with Crippen LogP contribution in [0.4, 0.5) is 4.39 Å². The fraction of sp³-hybridized carbons (Fsp3) is 0.417. The molecule has 2 rings (SSSR count). The summed E-state index contributed by atoms with van der Waals surface area (Å²) in [6, 6.07) is 5.96. The number of carboxylic acid groups (broad SMARTS) is 1. The Labute approximate surface area is 93.3 Å². The van der Waals surface area contributed by atoms with Crippen LogP contribution in [0.25, 0.3) is 0 Å². The van der Waals surface area contributed by atoms with Crippen LogP contribution in [0.1, 0.15) is 12.0 Å². The number of carbonyl (C=O) groups is 1. The van der Waals surface area contributed by atoms with Crippen LogP contribution >= 0.6 is 0 Å². The summed E-state index contributed by atoms with van der Waals surface area (Å²) in [7, 11) is 0. The molecule has 2 atom stereocenters. The summed E-state index contributed by atoms with van der Waals surface area (Å²) in [5.41, 5.74) is 1.05. The summed E-state index contributed by atoms with van der Waals surface area (Å²) in [6.07, 6.45) is 1.45. The summed E-state index contributed by atoms with van der Waals surface area (Å²) in [5, 5.41) is 11.8. The predicted molar refractivity (Wildman–Crippen MR) is 57.6 cm³/mol. The number of aliphatic carboxylic acids is 1. The van der Waals surface area contributed by atoms with E-state index < -0.39 is 12.0 Å². The second-order valence-corrected chi connectivity index (χ2v) is 4.23. The fourth-order valence-corrected chi connectivity index (χ4v) is 2.11. The average molecular weight is 223 g/mol. The van der Waals surface area contributed by atoms with Crippen molar-refractivity contribution >= 4 is 5.97 Å². The van der Waals surface area contributed by atoms with E-state index in [0.717, 1.165) is 12.0 Å². The van der Waals surface area contributed by atoms with Crippen LogP contribution in [0.15, 0.2) is 24.3 Å². The highest BCUT2D eigenvalue weighted by atomic mass is 19.1. The zero-order valence-electron chi connectivity index (χ0n) is 8.82. The molecule has 16 heavy (non-hydrogen) atoms. The molecule has 1 heterocycles. The Morgan fingerprint density at radius 1 is 1.44 bits per heavy atom. The van der Waals surface area contributed by atoms with E-state index in [1.807, 2.05) is 0 Å². The van der Waals surface area contributed by atoms with Crippen molar-refractivity contribution in [2.75, 3.05) is 6.54 Å². The van der Waals surface area contributed by atoms with Gasteiger partial charge in [0.25, 0.3) is 0 Å². The molecule has 86 valence electrons. The number of nitrogens with one attached hydrogen (secondary N) is 1. The molecule has 0 radical (unpaired) electrons. The summed E-state index contributed by atoms with van der Waals surface area (Å²) < 4.78 is 12.7. The highest BCUT2D eigenvalue weighted by Gasteiger charge is 2.28. The predicted octanol–water partition coefficient (Wildman–Crippen LogP) is 1.43. The Hall–Kier alpha value is -1.42. The van der Waals surface area contributed by atoms with Crippen molar-refractivity contribution in [2.24, 2.45) is 5.92 Å². The van der Waals surface area contributed by atoms with Crippen LogP contribution in [-0.4, -0.2) is 23.7 Å². The Morgan fingerprint density at radius 2 is 2.12 bits per heavy atom. The van der Waals surface area contributed by atoms with Crippen LogP contribution < -0.4 is 5.32 Å². The average Bonchev–Trinajstić information content (AvgIpc) is 2.70. The van der Waals surface area contributed by atoms with Gasteiger partial charge in [0.1, 0.15) is 11.9 Å². The van der Waals surface area contributed by atoms with E-state index in [2.05, 4.69) is 5.32 Å². The van der Waals surface area contributed by atoms with Gasteiger partial charge in [-0.1, -0.05) is 12.1 Å². The van der Waals surface area contributed by atoms with Crippen LogP contribution in [0.3, 0.4) is 0 Å². The molecule has 1 aromatic carbocycles. The lowest BCUT2D eigenvalue weighted by molar-refractivity contribution is -0.139. The zero-order chi connectivity index (χ0) is 11.5. The topological polar surface area (TPSA) is 49.3 Å². The summed E-state index contributed by atoms with van der Waals surface area (Å²) in [5.74, 6) is -0.704. The van der Waals surface area contributed by atoms with Gasteiger partial charge < -0.3 is 10.4 Å². The first-order valence-corrected chi connectivity index (χ1v) is 5.36. The van der Waals surface area contributed by atoms with Gasteiger partial charge in [0.15, 0.2) is 0 Å². The first-order chi connectivity index (χ1) is 7.65. The van der Waals surface area contributed by atoms with Crippen molar-refractivity contribution < 1.29 is 14.3 Å². The molecule has 2 unspecified atom stereocenters. The van der Waals surface area contributed by atoms with Gasteiger partial charge >= 0.3 is 5.97 Å². The molecule has 3 nitrogen and oxygen atoms in total. The van der Waals surface area contributed by atoms with Crippen molar-refractivity contribution in [3.05, 3.63) is 35.6 Å². The molecule has 2 N–H and O–H groups in total. The number of hydrogen-bond donors (Lipinski definition) is 2. The van der Waals surface area contributed by atoms with Gasteiger partial charge in [0.05, 0.1) is 0 Å². The number of rotatable bonds is 3. The van der Waals surface area contributed by atoms with E-state index in [4.69, 9.17) is 5.11 Å². The van der Waals surface area contributed by atoms with E-state index in [9.17, 15) is 9.18 Å². The molecular weight excluding hydrogens is 209 g/mol. The lowest BCUT2D eigenvalue weighted by atomic mass is 9.97. The quantitative estimate of drug-likeness (QED) is 0.815. The monoisotopic (exact) mass is 223 g/mol. The third-order valence-corrected chi connectivity index (χ3v) is 2.96. The summed E-state index contributed by atoms with van der Waals surface area (Å²) in [4.78, 5) is 10.7. The van der Waals surface area contributed by atoms with Crippen molar-refractivity contribution in [1.82, 2.24) is 5.32 Å². The van der Waals surface area contributed by atoms with E-state index in [0.29, 0.717) is 18.9 Å². The summed E-state index contributed by atoms with van der Waals surface area (Å²) in [6.45, 7) is 0.717. The van der Waals surface area contributed by atoms with Gasteiger partial charge in [-0.15, -0.1) is 0 Å². The molecule has 0 aromatic heterocycles. The zero-order valence-corrected chi connectivity index (χ0v) is 8.82. The number of carboxylic acids is 1. The molecule has 4 heteroatoms. The Balaban J connectivity index is 1.92. The van der Waals surface area contributed by atoms with Crippen LogP contribution in [-0.2, 0) is 11.2 Å². The van der Waals surface area contributed by atoms with E-state index >= 15 is 0 Å². The molecular formula is C12H14FNO2. The SMILES string of the molecule is O=C(O)C1CC(Cc2ccc(F)cc2)CN1. The highest BCUT2D eigenvalue weighted by molar-refractivity contribution is 5.73. The maximum atomic E-state index is 12.7. The molecule has 1 aliphatic heterocycles. The maximum Gasteiger partial charge on any atom is 0.320 e. The van der Waals surface area contributed by atoms with Crippen LogP contribution in [0, 0.1) is 11.7 Å². The van der Waals surface area contributed by atoms with E-state index in [1.165, 1.54) is 12.1 Å². The number of hydrogen-bond acceptors (Lipinski definition) is 2. The minimum Gasteiger partial charge on any atom is -0.480 e. The van der Waals surface area contributed by atoms with Crippen molar-refractivity contribution in [3.8, 4) is 0 Å². The molecule has 0 aliphatic carbocycles. The molecule has 1 saturated heterocycles. The molecule has 1 fully saturated rings. The van der Waals surface area contributed by atoms with Crippen LogP contribution in [0.5, 0.6) is 0 Å². The Kier molecular flexibility index (Phi) is 3.19. The first-order valence-electron chi connectivity index (χ1n) is 5.36. The van der Waals surface area contributed by atoms with E-state index in [1.54, 1.807) is 12.1 Å². The molecule has 1 aromatic rings. The highest BCUT2D eigenvalue weighted by Crippen LogP contribution is 2.19. The molecule has 1 aliphatic rings. The Bertz CT molecular complexity index is 377. The third kappa shape index (κ3) is 2.58. The second kappa shape index (κ2) is 4.61. The standard InChI is InChI=1S/C12H14FNO2/c13-10-3-1-8(2-4-10)5-9-6-11(12(15)16)14-7-9/h1-4,9,11,14H,5-7H2,(H,15,16). The smallest absolute Gasteiger partial charge is 0.320 e. The minimum absolute atomic E-state index is 0.239. The van der Waals surface area contributed by atoms with Crippen molar-refractivity contribution in [3.63, 3.8) is 0 Å². The third-order valence-electron chi connectivity index (χ3n) is 2.96. The maximum absolute atomic E-state index is 12.7. The number of halogens is 1. The molecule has 0 spiro atoms. The largest absolute Gasteiger partial charge is 0.480 e. The molecule has 0 bridgehead atoms. The first kappa shape index (κ1) is 11.1. The van der Waals surface area contributed by atoms with Gasteiger partial charge in [-0.3, -0.25) is 4.79 Å². The van der Waals surface area contributed by atoms with E-state index in [-0.39, 0.29) is 5.82 Å². The van der Waals surface area contributed by atoms with Crippen LogP contribution in [0.2, 0.25) is 0 Å². The Morgan fingerprint density at radius 3 is 2.69 bits per heavy atom. The van der Waals surface area contributed by atoms with Crippen molar-refractivity contribution in [2.45, 2.75) is 18.9 Å². The normalized spacial score (nSPS) is 24.6. The van der Waals surface area contributed by atoms with Gasteiger partial charge in [-0.25, -0.2) is 4.39 Å².